The lowest BCUT2D eigenvalue weighted by molar-refractivity contribution is -0.122. The summed E-state index contributed by atoms with van der Waals surface area (Å²) < 4.78 is 17.4. The minimum absolute atomic E-state index is 0.0332. The van der Waals surface area contributed by atoms with Gasteiger partial charge in [0.2, 0.25) is 0 Å². The smallest absolute Gasteiger partial charge is 0.169 e. The summed E-state index contributed by atoms with van der Waals surface area (Å²) >= 11 is 0. The molecule has 1 aliphatic heterocycles. The van der Waals surface area contributed by atoms with Crippen LogP contribution < -0.4 is 14.2 Å². The highest BCUT2D eigenvalue weighted by atomic mass is 16.5. The standard InChI is InChI=1S/C23H37NO5/c1-18(26)19(2)29-21-17-23(22(27-3)16-20(21)10-9-14-25)28-15-8-7-13-24-11-5-4-6-12-24/h16-17,19,25H,4-15H2,1-3H3. The number of carbonyl (C=O) groups is 1. The molecule has 0 amide bonds. The van der Waals surface area contributed by atoms with E-state index in [1.165, 1.54) is 39.3 Å². The van der Waals surface area contributed by atoms with E-state index in [9.17, 15) is 9.90 Å². The van der Waals surface area contributed by atoms with Gasteiger partial charge in [0.25, 0.3) is 0 Å². The van der Waals surface area contributed by atoms with Gasteiger partial charge in [0.15, 0.2) is 23.4 Å². The summed E-state index contributed by atoms with van der Waals surface area (Å²) in [6.45, 7) is 7.54. The zero-order valence-corrected chi connectivity index (χ0v) is 18.2. The molecule has 0 radical (unpaired) electrons. The Kier molecular flexibility index (Phi) is 10.3. The Hall–Kier alpha value is -1.79. The van der Waals surface area contributed by atoms with Crippen molar-refractivity contribution < 1.29 is 24.1 Å². The van der Waals surface area contributed by atoms with Crippen LogP contribution in [-0.4, -0.2) is 61.9 Å². The highest BCUT2D eigenvalue weighted by Gasteiger charge is 2.17. The summed E-state index contributed by atoms with van der Waals surface area (Å²) in [6.07, 6.45) is 6.81. The number of methoxy groups -OCH3 is 1. The first-order valence-electron chi connectivity index (χ1n) is 10.9. The van der Waals surface area contributed by atoms with Gasteiger partial charge in [-0.15, -0.1) is 0 Å². The highest BCUT2D eigenvalue weighted by molar-refractivity contribution is 5.80. The number of ketones is 1. The fourth-order valence-electron chi connectivity index (χ4n) is 3.51. The second-order valence-corrected chi connectivity index (χ2v) is 7.77. The van der Waals surface area contributed by atoms with E-state index in [1.54, 1.807) is 14.0 Å². The summed E-state index contributed by atoms with van der Waals surface area (Å²) in [4.78, 5) is 14.2. The van der Waals surface area contributed by atoms with Gasteiger partial charge in [-0.1, -0.05) is 6.42 Å². The van der Waals surface area contributed by atoms with Crippen molar-refractivity contribution in [1.29, 1.82) is 0 Å². The lowest BCUT2D eigenvalue weighted by atomic mass is 10.1. The van der Waals surface area contributed by atoms with Crippen LogP contribution in [0.1, 0.15) is 57.9 Å². The quantitative estimate of drug-likeness (QED) is 0.504. The van der Waals surface area contributed by atoms with Crippen LogP contribution in [0.2, 0.25) is 0 Å². The summed E-state index contributed by atoms with van der Waals surface area (Å²) in [5.74, 6) is 1.86. The van der Waals surface area contributed by atoms with Gasteiger partial charge in [-0.2, -0.15) is 0 Å². The molecule has 1 unspecified atom stereocenters. The van der Waals surface area contributed by atoms with Gasteiger partial charge in [-0.25, -0.2) is 0 Å². The van der Waals surface area contributed by atoms with Gasteiger partial charge in [-0.05, 0) is 83.6 Å². The summed E-state index contributed by atoms with van der Waals surface area (Å²) in [5.41, 5.74) is 0.904. The Bertz CT molecular complexity index is 628. The molecule has 0 saturated carbocycles. The molecule has 1 saturated heterocycles. The maximum Gasteiger partial charge on any atom is 0.169 e. The number of likely N-dealkylation sites (tertiary alicyclic amines) is 1. The number of hydrogen-bond donors (Lipinski definition) is 1. The van der Waals surface area contributed by atoms with Crippen molar-refractivity contribution in [3.05, 3.63) is 17.7 Å². The van der Waals surface area contributed by atoms with Gasteiger partial charge in [-0.3, -0.25) is 4.79 Å². The van der Waals surface area contributed by atoms with Crippen LogP contribution in [0.25, 0.3) is 0 Å². The lowest BCUT2D eigenvalue weighted by Crippen LogP contribution is -2.30. The predicted octanol–water partition coefficient (Wildman–Crippen LogP) is 3.62. The van der Waals surface area contributed by atoms with Crippen LogP contribution in [0.5, 0.6) is 17.2 Å². The SMILES string of the molecule is COc1cc(CCCO)c(OC(C)C(C)=O)cc1OCCCCN1CCCCC1. The number of benzene rings is 1. The molecule has 0 aromatic heterocycles. The van der Waals surface area contributed by atoms with Gasteiger partial charge >= 0.3 is 0 Å². The molecule has 1 aliphatic rings. The topological polar surface area (TPSA) is 68.2 Å². The van der Waals surface area contributed by atoms with Crippen molar-refractivity contribution in [2.24, 2.45) is 0 Å². The summed E-state index contributed by atoms with van der Waals surface area (Å²) in [6, 6.07) is 3.70. The van der Waals surface area contributed by atoms with Crippen molar-refractivity contribution in [1.82, 2.24) is 4.90 Å². The third-order valence-corrected chi connectivity index (χ3v) is 5.40. The Morgan fingerprint density at radius 3 is 2.52 bits per heavy atom. The number of ether oxygens (including phenoxy) is 3. The Balaban J connectivity index is 1.97. The molecule has 1 atom stereocenters. The third-order valence-electron chi connectivity index (χ3n) is 5.40. The number of aliphatic hydroxyl groups excluding tert-OH is 1. The molecule has 29 heavy (non-hydrogen) atoms. The van der Waals surface area contributed by atoms with E-state index < -0.39 is 6.10 Å². The second-order valence-electron chi connectivity index (χ2n) is 7.77. The Labute approximate surface area is 175 Å². The van der Waals surface area contributed by atoms with Crippen molar-refractivity contribution in [2.75, 3.05) is 40.0 Å². The number of aryl methyl sites for hydroxylation is 1. The number of rotatable bonds is 13. The molecule has 164 valence electrons. The largest absolute Gasteiger partial charge is 0.493 e. The van der Waals surface area contributed by atoms with Gasteiger partial charge in [0, 0.05) is 12.7 Å². The van der Waals surface area contributed by atoms with Crippen LogP contribution in [0.15, 0.2) is 12.1 Å². The van der Waals surface area contributed by atoms with Crippen LogP contribution in [0.3, 0.4) is 0 Å². The van der Waals surface area contributed by atoms with E-state index in [0.29, 0.717) is 36.7 Å². The molecular weight excluding hydrogens is 370 g/mol. The molecule has 1 aromatic rings. The van der Waals surface area contributed by atoms with Crippen molar-refractivity contribution in [2.45, 2.75) is 64.9 Å². The average Bonchev–Trinajstić information content (AvgIpc) is 2.73. The van der Waals surface area contributed by atoms with E-state index in [2.05, 4.69) is 4.90 Å². The first-order valence-corrected chi connectivity index (χ1v) is 10.9. The van der Waals surface area contributed by atoms with Crippen molar-refractivity contribution in [3.8, 4) is 17.2 Å². The monoisotopic (exact) mass is 407 g/mol. The number of carbonyl (C=O) groups excluding carboxylic acids is 1. The minimum Gasteiger partial charge on any atom is -0.493 e. The molecule has 6 heteroatoms. The van der Waals surface area contributed by atoms with E-state index in [1.807, 2.05) is 12.1 Å². The van der Waals surface area contributed by atoms with Gasteiger partial charge in [0.1, 0.15) is 5.75 Å². The molecule has 0 aliphatic carbocycles. The fraction of sp³-hybridized carbons (Fsp3) is 0.696. The predicted molar refractivity (Wildman–Crippen MR) is 114 cm³/mol. The van der Waals surface area contributed by atoms with Crippen LogP contribution in [0.4, 0.5) is 0 Å². The Morgan fingerprint density at radius 2 is 1.86 bits per heavy atom. The van der Waals surface area contributed by atoms with Crippen LogP contribution >= 0.6 is 0 Å². The summed E-state index contributed by atoms with van der Waals surface area (Å²) in [5, 5.41) is 9.18. The fourth-order valence-corrected chi connectivity index (χ4v) is 3.51. The maximum atomic E-state index is 11.6. The molecule has 1 N–H and O–H groups in total. The lowest BCUT2D eigenvalue weighted by Gasteiger charge is -2.26. The molecule has 1 fully saturated rings. The van der Waals surface area contributed by atoms with Crippen molar-refractivity contribution >= 4 is 5.78 Å². The van der Waals surface area contributed by atoms with E-state index >= 15 is 0 Å². The molecule has 0 bridgehead atoms. The van der Waals surface area contributed by atoms with E-state index in [0.717, 1.165) is 24.9 Å². The number of Topliss-reactive ketones (excluding diaryl/α,β-unsaturated/α-hetero) is 1. The first-order chi connectivity index (χ1) is 14.0. The molecule has 0 spiro atoms. The number of nitrogens with zero attached hydrogens (tertiary/aromatic N) is 1. The molecule has 1 aromatic carbocycles. The van der Waals surface area contributed by atoms with Gasteiger partial charge in [0.05, 0.1) is 13.7 Å². The molecule has 2 rings (SSSR count). The van der Waals surface area contributed by atoms with E-state index in [4.69, 9.17) is 14.2 Å². The number of hydrogen-bond acceptors (Lipinski definition) is 6. The average molecular weight is 408 g/mol. The second kappa shape index (κ2) is 12.7. The zero-order valence-electron chi connectivity index (χ0n) is 18.2. The highest BCUT2D eigenvalue weighted by Crippen LogP contribution is 2.36. The Morgan fingerprint density at radius 1 is 1.10 bits per heavy atom. The number of aliphatic hydroxyl groups is 1. The molecule has 6 nitrogen and oxygen atoms in total. The maximum absolute atomic E-state index is 11.6. The third kappa shape index (κ3) is 7.86. The molecular formula is C23H37NO5. The first kappa shape index (κ1) is 23.5. The summed E-state index contributed by atoms with van der Waals surface area (Å²) in [7, 11) is 1.62. The van der Waals surface area contributed by atoms with Gasteiger partial charge < -0.3 is 24.2 Å². The normalized spacial score (nSPS) is 15.7. The zero-order chi connectivity index (χ0) is 21.1. The van der Waals surface area contributed by atoms with E-state index in [-0.39, 0.29) is 12.4 Å². The van der Waals surface area contributed by atoms with Crippen LogP contribution in [-0.2, 0) is 11.2 Å². The minimum atomic E-state index is -0.534. The van der Waals surface area contributed by atoms with Crippen molar-refractivity contribution in [3.63, 3.8) is 0 Å². The number of piperidine rings is 1. The molecule has 1 heterocycles. The number of unbranched alkanes of at least 4 members (excludes halogenated alkanes) is 1. The van der Waals surface area contributed by atoms with Crippen LogP contribution in [0, 0.1) is 0 Å².